The molecule has 0 aromatic heterocycles. The average Bonchev–Trinajstić information content (AvgIpc) is 2.44. The number of benzene rings is 1. The summed E-state index contributed by atoms with van der Waals surface area (Å²) in [6, 6.07) is 6.59. The van der Waals surface area contributed by atoms with Crippen LogP contribution >= 0.6 is 0 Å². The van der Waals surface area contributed by atoms with Gasteiger partial charge >= 0.3 is 0 Å². The van der Waals surface area contributed by atoms with Crippen molar-refractivity contribution in [2.45, 2.75) is 32.2 Å². The summed E-state index contributed by atoms with van der Waals surface area (Å²) in [6.45, 7) is 6.03. The largest absolute Gasteiger partial charge is 0.394 e. The topological polar surface area (TPSA) is 35.5 Å². The zero-order chi connectivity index (χ0) is 14.3. The van der Waals surface area contributed by atoms with Crippen molar-refractivity contribution in [3.05, 3.63) is 30.1 Å². The van der Waals surface area contributed by atoms with Crippen molar-refractivity contribution in [2.24, 2.45) is 0 Å². The van der Waals surface area contributed by atoms with E-state index in [-0.39, 0.29) is 18.0 Å². The Morgan fingerprint density at radius 2 is 1.95 bits per heavy atom. The van der Waals surface area contributed by atoms with Crippen molar-refractivity contribution in [1.29, 1.82) is 0 Å². The normalized spacial score (nSPS) is 14.2. The van der Waals surface area contributed by atoms with E-state index in [9.17, 15) is 9.50 Å². The number of anilines is 1. The number of aliphatic hydroxyl groups excluding tert-OH is 1. The molecule has 0 saturated heterocycles. The molecular formula is C15H25FN2O. The standard InChI is InChI=1S/C15H25FN2O/c1-4-18(14-8-6-13(16)7-9-14)11-5-10-15(2,12-19)17-3/h6-9,17,19H,4-5,10-12H2,1-3H3. The first-order chi connectivity index (χ1) is 9.04. The van der Waals surface area contributed by atoms with E-state index in [1.54, 1.807) is 0 Å². The van der Waals surface area contributed by atoms with Crippen LogP contribution < -0.4 is 10.2 Å². The lowest BCUT2D eigenvalue weighted by atomic mass is 9.97. The van der Waals surface area contributed by atoms with Gasteiger partial charge in [0.1, 0.15) is 5.82 Å². The Kier molecular flexibility index (Phi) is 6.25. The van der Waals surface area contributed by atoms with Gasteiger partial charge in [0.2, 0.25) is 0 Å². The van der Waals surface area contributed by atoms with Crippen LogP contribution in [0.2, 0.25) is 0 Å². The molecule has 0 aliphatic carbocycles. The summed E-state index contributed by atoms with van der Waals surface area (Å²) in [4.78, 5) is 2.22. The second-order valence-corrected chi connectivity index (χ2v) is 5.13. The Morgan fingerprint density at radius 3 is 2.42 bits per heavy atom. The fraction of sp³-hybridized carbons (Fsp3) is 0.600. The van der Waals surface area contributed by atoms with E-state index >= 15 is 0 Å². The zero-order valence-electron chi connectivity index (χ0n) is 12.1. The van der Waals surface area contributed by atoms with Crippen molar-refractivity contribution in [3.8, 4) is 0 Å². The maximum Gasteiger partial charge on any atom is 0.123 e. The highest BCUT2D eigenvalue weighted by molar-refractivity contribution is 5.45. The number of nitrogens with one attached hydrogen (secondary N) is 1. The number of halogens is 1. The van der Waals surface area contributed by atoms with Gasteiger partial charge in [0.15, 0.2) is 0 Å². The van der Waals surface area contributed by atoms with Gasteiger partial charge in [-0.05, 0) is 58.0 Å². The molecule has 1 aromatic rings. The summed E-state index contributed by atoms with van der Waals surface area (Å²) in [6.07, 6.45) is 1.88. The van der Waals surface area contributed by atoms with Gasteiger partial charge in [-0.15, -0.1) is 0 Å². The number of hydrogen-bond acceptors (Lipinski definition) is 3. The molecular weight excluding hydrogens is 243 g/mol. The van der Waals surface area contributed by atoms with E-state index in [0.717, 1.165) is 31.6 Å². The molecule has 1 atom stereocenters. The molecule has 0 aliphatic rings. The lowest BCUT2D eigenvalue weighted by Gasteiger charge is -2.29. The van der Waals surface area contributed by atoms with Crippen LogP contribution in [-0.2, 0) is 0 Å². The van der Waals surface area contributed by atoms with Gasteiger partial charge in [0.25, 0.3) is 0 Å². The van der Waals surface area contributed by atoms with E-state index in [1.165, 1.54) is 12.1 Å². The molecule has 0 saturated carbocycles. The van der Waals surface area contributed by atoms with Crippen molar-refractivity contribution in [1.82, 2.24) is 5.32 Å². The third-order valence-electron chi connectivity index (χ3n) is 3.68. The molecule has 2 N–H and O–H groups in total. The zero-order valence-corrected chi connectivity index (χ0v) is 12.1. The Labute approximate surface area is 115 Å². The second kappa shape index (κ2) is 7.46. The predicted octanol–water partition coefficient (Wildman–Crippen LogP) is 2.40. The SMILES string of the molecule is CCN(CCCC(C)(CO)NC)c1ccc(F)cc1. The Morgan fingerprint density at radius 1 is 1.32 bits per heavy atom. The second-order valence-electron chi connectivity index (χ2n) is 5.13. The lowest BCUT2D eigenvalue weighted by Crippen LogP contribution is -2.43. The molecule has 0 aliphatic heterocycles. The Balaban J connectivity index is 2.52. The van der Waals surface area contributed by atoms with Crippen LogP contribution in [0.3, 0.4) is 0 Å². The predicted molar refractivity (Wildman–Crippen MR) is 78.1 cm³/mol. The van der Waals surface area contributed by atoms with Crippen LogP contribution in [0.25, 0.3) is 0 Å². The minimum atomic E-state index is -0.220. The van der Waals surface area contributed by atoms with Gasteiger partial charge in [0.05, 0.1) is 6.61 Å². The van der Waals surface area contributed by atoms with Gasteiger partial charge in [-0.1, -0.05) is 0 Å². The van der Waals surface area contributed by atoms with Gasteiger partial charge in [-0.3, -0.25) is 0 Å². The molecule has 1 aromatic carbocycles. The van der Waals surface area contributed by atoms with Gasteiger partial charge in [-0.25, -0.2) is 4.39 Å². The molecule has 0 bridgehead atoms. The molecule has 1 rings (SSSR count). The Bertz CT molecular complexity index is 363. The van der Waals surface area contributed by atoms with E-state index in [1.807, 2.05) is 26.1 Å². The summed E-state index contributed by atoms with van der Waals surface area (Å²) in [5.74, 6) is -0.206. The first kappa shape index (κ1) is 15.9. The average molecular weight is 268 g/mol. The molecule has 0 spiro atoms. The molecule has 0 radical (unpaired) electrons. The fourth-order valence-electron chi connectivity index (χ4n) is 2.06. The summed E-state index contributed by atoms with van der Waals surface area (Å²) < 4.78 is 12.9. The van der Waals surface area contributed by atoms with E-state index < -0.39 is 0 Å². The minimum Gasteiger partial charge on any atom is -0.394 e. The van der Waals surface area contributed by atoms with E-state index in [2.05, 4.69) is 17.1 Å². The number of hydrogen-bond donors (Lipinski definition) is 2. The summed E-state index contributed by atoms with van der Waals surface area (Å²) >= 11 is 0. The summed E-state index contributed by atoms with van der Waals surface area (Å²) in [5.41, 5.74) is 0.821. The lowest BCUT2D eigenvalue weighted by molar-refractivity contribution is 0.172. The van der Waals surface area contributed by atoms with E-state index in [4.69, 9.17) is 0 Å². The number of likely N-dealkylation sites (N-methyl/N-ethyl adjacent to an activating group) is 1. The summed E-state index contributed by atoms with van der Waals surface area (Å²) in [7, 11) is 1.87. The number of nitrogens with zero attached hydrogens (tertiary/aromatic N) is 1. The molecule has 3 nitrogen and oxygen atoms in total. The van der Waals surface area contributed by atoms with Crippen LogP contribution in [0.15, 0.2) is 24.3 Å². The van der Waals surface area contributed by atoms with Gasteiger partial charge < -0.3 is 15.3 Å². The number of rotatable bonds is 8. The van der Waals surface area contributed by atoms with Gasteiger partial charge in [0, 0.05) is 24.3 Å². The van der Waals surface area contributed by atoms with Crippen LogP contribution in [0.5, 0.6) is 0 Å². The molecule has 1 unspecified atom stereocenters. The van der Waals surface area contributed by atoms with Crippen molar-refractivity contribution in [3.63, 3.8) is 0 Å². The highest BCUT2D eigenvalue weighted by atomic mass is 19.1. The fourth-order valence-corrected chi connectivity index (χ4v) is 2.06. The first-order valence-corrected chi connectivity index (χ1v) is 6.85. The van der Waals surface area contributed by atoms with E-state index in [0.29, 0.717) is 0 Å². The maximum absolute atomic E-state index is 12.9. The van der Waals surface area contributed by atoms with Crippen LogP contribution in [0.4, 0.5) is 10.1 Å². The maximum atomic E-state index is 12.9. The molecule has 108 valence electrons. The smallest absolute Gasteiger partial charge is 0.123 e. The third-order valence-corrected chi connectivity index (χ3v) is 3.68. The van der Waals surface area contributed by atoms with Crippen molar-refractivity contribution < 1.29 is 9.50 Å². The monoisotopic (exact) mass is 268 g/mol. The third kappa shape index (κ3) is 4.80. The Hall–Kier alpha value is -1.13. The highest BCUT2D eigenvalue weighted by Gasteiger charge is 2.20. The molecule has 0 fully saturated rings. The summed E-state index contributed by atoms with van der Waals surface area (Å²) in [5, 5.41) is 12.5. The van der Waals surface area contributed by atoms with Gasteiger partial charge in [-0.2, -0.15) is 0 Å². The van der Waals surface area contributed by atoms with Crippen LogP contribution in [0, 0.1) is 5.82 Å². The molecule has 0 amide bonds. The molecule has 19 heavy (non-hydrogen) atoms. The van der Waals surface area contributed by atoms with Crippen molar-refractivity contribution in [2.75, 3.05) is 31.6 Å². The van der Waals surface area contributed by atoms with Crippen molar-refractivity contribution >= 4 is 5.69 Å². The molecule has 0 heterocycles. The van der Waals surface area contributed by atoms with Crippen LogP contribution in [-0.4, -0.2) is 37.4 Å². The van der Waals surface area contributed by atoms with Crippen LogP contribution in [0.1, 0.15) is 26.7 Å². The molecule has 4 heteroatoms. The quantitative estimate of drug-likeness (QED) is 0.760. The minimum absolute atomic E-state index is 0.131. The highest BCUT2D eigenvalue weighted by Crippen LogP contribution is 2.17. The first-order valence-electron chi connectivity index (χ1n) is 6.85. The number of aliphatic hydroxyl groups is 1.